The molecule has 0 radical (unpaired) electrons. The molecule has 18 heavy (non-hydrogen) atoms. The van der Waals surface area contributed by atoms with Crippen molar-refractivity contribution >= 4 is 17.8 Å². The van der Waals surface area contributed by atoms with Crippen molar-refractivity contribution in [3.63, 3.8) is 0 Å². The molecule has 2 rings (SSSR count). The van der Waals surface area contributed by atoms with Crippen molar-refractivity contribution < 1.29 is 9.53 Å². The van der Waals surface area contributed by atoms with Crippen LogP contribution in [-0.2, 0) is 0 Å². The van der Waals surface area contributed by atoms with Gasteiger partial charge in [-0.15, -0.1) is 0 Å². The number of rotatable bonds is 2. The van der Waals surface area contributed by atoms with Gasteiger partial charge in [0.1, 0.15) is 11.6 Å². The van der Waals surface area contributed by atoms with Gasteiger partial charge in [-0.2, -0.15) is 0 Å². The molecule has 0 aliphatic rings. The van der Waals surface area contributed by atoms with Crippen molar-refractivity contribution in [2.75, 3.05) is 18.6 Å². The van der Waals surface area contributed by atoms with Crippen LogP contribution in [0.3, 0.4) is 0 Å². The first kappa shape index (κ1) is 13.5. The van der Waals surface area contributed by atoms with Gasteiger partial charge in [-0.25, -0.2) is 4.98 Å². The summed E-state index contributed by atoms with van der Waals surface area (Å²) in [6.45, 7) is 0. The average Bonchev–Trinajstić information content (AvgIpc) is 2.42. The van der Waals surface area contributed by atoms with Gasteiger partial charge in [0.25, 0.3) is 0 Å². The van der Waals surface area contributed by atoms with E-state index >= 15 is 0 Å². The number of nitrogen functional groups attached to an aromatic ring is 2. The molecule has 1 aromatic carbocycles. The lowest BCUT2D eigenvalue weighted by atomic mass is 10.2. The Morgan fingerprint density at radius 1 is 1.17 bits per heavy atom. The molecule has 94 valence electrons. The summed E-state index contributed by atoms with van der Waals surface area (Å²) < 4.78 is 4.90. The molecule has 5 heteroatoms. The number of aldehydes is 1. The van der Waals surface area contributed by atoms with E-state index in [2.05, 4.69) is 4.98 Å². The molecule has 5 nitrogen and oxygen atoms in total. The third-order valence-electron chi connectivity index (χ3n) is 2.08. The predicted octanol–water partition coefficient (Wildman–Crippen LogP) is 1.75. The van der Waals surface area contributed by atoms with Crippen molar-refractivity contribution in [2.45, 2.75) is 0 Å². The van der Waals surface area contributed by atoms with Crippen molar-refractivity contribution in [2.24, 2.45) is 0 Å². The first-order valence-corrected chi connectivity index (χ1v) is 5.22. The standard InChI is InChI=1S/C8H8O2.C5H7N3/c1-10-8-5-3-2-4-7(8)6-9;6-4-1-2-5(7)8-3-4/h2-6H,1H3;1-3H,6H2,(H2,7,8). The Bertz CT molecular complexity index is 477. The topological polar surface area (TPSA) is 91.2 Å². The SMILES string of the molecule is COc1ccccc1C=O.Nc1ccc(N)nc1. The van der Waals surface area contributed by atoms with Gasteiger partial charge in [0, 0.05) is 0 Å². The number of benzene rings is 1. The first-order chi connectivity index (χ1) is 8.67. The van der Waals surface area contributed by atoms with Crippen LogP contribution in [0.1, 0.15) is 10.4 Å². The number of nitrogens with two attached hydrogens (primary N) is 2. The van der Waals surface area contributed by atoms with Crippen LogP contribution < -0.4 is 16.2 Å². The van der Waals surface area contributed by atoms with Crippen molar-refractivity contribution in [1.82, 2.24) is 4.98 Å². The Kier molecular flexibility index (Phi) is 5.18. The second kappa shape index (κ2) is 6.90. The molecular weight excluding hydrogens is 230 g/mol. The molecule has 1 heterocycles. The molecule has 0 amide bonds. The number of hydrogen-bond donors (Lipinski definition) is 2. The van der Waals surface area contributed by atoms with Crippen LogP contribution in [0.15, 0.2) is 42.6 Å². The maximum Gasteiger partial charge on any atom is 0.153 e. The van der Waals surface area contributed by atoms with Crippen LogP contribution in [0.2, 0.25) is 0 Å². The fourth-order valence-corrected chi connectivity index (χ4v) is 1.18. The number of para-hydroxylation sites is 1. The summed E-state index contributed by atoms with van der Waals surface area (Å²) in [6, 6.07) is 10.5. The number of ether oxygens (including phenoxy) is 1. The van der Waals surface area contributed by atoms with Crippen LogP contribution in [0.25, 0.3) is 0 Å². The van der Waals surface area contributed by atoms with E-state index in [-0.39, 0.29) is 0 Å². The quantitative estimate of drug-likeness (QED) is 0.786. The average molecular weight is 245 g/mol. The van der Waals surface area contributed by atoms with Gasteiger partial charge in [0.05, 0.1) is 24.6 Å². The van der Waals surface area contributed by atoms with Gasteiger partial charge in [-0.05, 0) is 24.3 Å². The Morgan fingerprint density at radius 2 is 1.89 bits per heavy atom. The molecule has 2 aromatic rings. The van der Waals surface area contributed by atoms with Crippen molar-refractivity contribution in [1.29, 1.82) is 0 Å². The number of hydrogen-bond acceptors (Lipinski definition) is 5. The van der Waals surface area contributed by atoms with E-state index in [1.54, 1.807) is 37.4 Å². The fourth-order valence-electron chi connectivity index (χ4n) is 1.18. The van der Waals surface area contributed by atoms with Gasteiger partial charge in [0.2, 0.25) is 0 Å². The molecule has 0 saturated heterocycles. The highest BCUT2D eigenvalue weighted by molar-refractivity contribution is 5.79. The van der Waals surface area contributed by atoms with Gasteiger partial charge in [0.15, 0.2) is 6.29 Å². The van der Waals surface area contributed by atoms with Gasteiger partial charge >= 0.3 is 0 Å². The highest BCUT2D eigenvalue weighted by Gasteiger charge is 1.96. The van der Waals surface area contributed by atoms with Crippen molar-refractivity contribution in [3.05, 3.63) is 48.2 Å². The monoisotopic (exact) mass is 245 g/mol. The smallest absolute Gasteiger partial charge is 0.153 e. The zero-order valence-electron chi connectivity index (χ0n) is 10.0. The number of carbonyl (C=O) groups excluding carboxylic acids is 1. The summed E-state index contributed by atoms with van der Waals surface area (Å²) in [6.07, 6.45) is 2.30. The number of aromatic nitrogens is 1. The van der Waals surface area contributed by atoms with Crippen molar-refractivity contribution in [3.8, 4) is 5.75 Å². The largest absolute Gasteiger partial charge is 0.496 e. The first-order valence-electron chi connectivity index (χ1n) is 5.22. The molecule has 0 atom stereocenters. The van der Waals surface area contributed by atoms with Gasteiger partial charge in [-0.3, -0.25) is 4.79 Å². The fraction of sp³-hybridized carbons (Fsp3) is 0.0769. The van der Waals surface area contributed by atoms with Gasteiger partial charge in [-0.1, -0.05) is 12.1 Å². The maximum absolute atomic E-state index is 10.3. The van der Waals surface area contributed by atoms with Crippen LogP contribution in [-0.4, -0.2) is 18.4 Å². The molecule has 0 saturated carbocycles. The molecule has 0 unspecified atom stereocenters. The highest BCUT2D eigenvalue weighted by Crippen LogP contribution is 2.13. The number of anilines is 2. The molecule has 0 spiro atoms. The second-order valence-electron chi connectivity index (χ2n) is 3.38. The summed E-state index contributed by atoms with van der Waals surface area (Å²) >= 11 is 0. The van der Waals surface area contributed by atoms with E-state index in [4.69, 9.17) is 16.2 Å². The molecule has 0 aliphatic carbocycles. The normalized spacial score (nSPS) is 8.94. The Hall–Kier alpha value is -2.56. The predicted molar refractivity (Wildman–Crippen MR) is 71.4 cm³/mol. The second-order valence-corrected chi connectivity index (χ2v) is 3.38. The lowest BCUT2D eigenvalue weighted by molar-refractivity contribution is 0.112. The zero-order valence-corrected chi connectivity index (χ0v) is 10.0. The highest BCUT2D eigenvalue weighted by atomic mass is 16.5. The van der Waals surface area contributed by atoms with E-state index < -0.39 is 0 Å². The molecule has 0 fully saturated rings. The van der Waals surface area contributed by atoms with E-state index in [1.807, 2.05) is 6.07 Å². The molecule has 1 aromatic heterocycles. The Morgan fingerprint density at radius 3 is 2.33 bits per heavy atom. The molecular formula is C13H15N3O2. The van der Waals surface area contributed by atoms with E-state index in [0.29, 0.717) is 22.8 Å². The van der Waals surface area contributed by atoms with E-state index in [0.717, 1.165) is 6.29 Å². The van der Waals surface area contributed by atoms with Crippen LogP contribution in [0.4, 0.5) is 11.5 Å². The minimum atomic E-state index is 0.499. The van der Waals surface area contributed by atoms with Gasteiger partial charge < -0.3 is 16.2 Å². The van der Waals surface area contributed by atoms with Crippen LogP contribution in [0, 0.1) is 0 Å². The maximum atomic E-state index is 10.3. The van der Waals surface area contributed by atoms with Crippen LogP contribution >= 0.6 is 0 Å². The summed E-state index contributed by atoms with van der Waals surface area (Å²) in [5.74, 6) is 1.12. The number of carbonyl (C=O) groups is 1. The molecule has 0 bridgehead atoms. The Balaban J connectivity index is 0.000000184. The number of methoxy groups -OCH3 is 1. The summed E-state index contributed by atoms with van der Waals surface area (Å²) in [5, 5.41) is 0. The molecule has 0 aliphatic heterocycles. The summed E-state index contributed by atoms with van der Waals surface area (Å²) in [7, 11) is 1.54. The third-order valence-corrected chi connectivity index (χ3v) is 2.08. The minimum absolute atomic E-state index is 0.499. The zero-order chi connectivity index (χ0) is 13.4. The lowest BCUT2D eigenvalue weighted by Crippen LogP contribution is -1.90. The number of nitrogens with zero attached hydrogens (tertiary/aromatic N) is 1. The summed E-state index contributed by atoms with van der Waals surface area (Å²) in [5.41, 5.74) is 11.8. The van der Waals surface area contributed by atoms with Crippen LogP contribution in [0.5, 0.6) is 5.75 Å². The van der Waals surface area contributed by atoms with E-state index in [1.165, 1.54) is 6.20 Å². The Labute approximate surface area is 105 Å². The van der Waals surface area contributed by atoms with E-state index in [9.17, 15) is 4.79 Å². The third kappa shape index (κ3) is 4.13. The summed E-state index contributed by atoms with van der Waals surface area (Å²) in [4.78, 5) is 14.0. The number of pyridine rings is 1. The molecule has 4 N–H and O–H groups in total. The minimum Gasteiger partial charge on any atom is -0.496 e. The lowest BCUT2D eigenvalue weighted by Gasteiger charge is -1.99.